The van der Waals surface area contributed by atoms with Crippen LogP contribution in [0.5, 0.6) is 5.75 Å². The lowest BCUT2D eigenvalue weighted by Crippen LogP contribution is -2.28. The number of nitrogens with zero attached hydrogens (tertiary/aromatic N) is 2. The third-order valence-electron chi connectivity index (χ3n) is 2.94. The summed E-state index contributed by atoms with van der Waals surface area (Å²) in [6.07, 6.45) is 2.98. The molecule has 0 aliphatic carbocycles. The van der Waals surface area contributed by atoms with Gasteiger partial charge in [-0.05, 0) is 19.8 Å². The Hall–Kier alpha value is -1.03. The number of rotatable bonds is 5. The van der Waals surface area contributed by atoms with E-state index in [-0.39, 0.29) is 0 Å². The maximum atomic E-state index is 10.5. The fraction of sp³-hybridized carbons (Fsp3) is 0.727. The van der Waals surface area contributed by atoms with Crippen molar-refractivity contribution in [2.45, 2.75) is 45.8 Å². The fourth-order valence-corrected chi connectivity index (χ4v) is 1.81. The van der Waals surface area contributed by atoms with Crippen LogP contribution in [0.15, 0.2) is 6.20 Å². The SMILES string of the molecule is CCn1ncc(OC)c1C(O)(CC)CC. The first-order valence-electron chi connectivity index (χ1n) is 5.45. The quantitative estimate of drug-likeness (QED) is 0.811. The molecule has 1 rings (SSSR count). The largest absolute Gasteiger partial charge is 0.493 e. The Morgan fingerprint density at radius 2 is 2.00 bits per heavy atom. The second-order valence-corrected chi connectivity index (χ2v) is 3.62. The molecule has 15 heavy (non-hydrogen) atoms. The van der Waals surface area contributed by atoms with E-state index in [0.29, 0.717) is 18.6 Å². The van der Waals surface area contributed by atoms with Crippen LogP contribution in [0.25, 0.3) is 0 Å². The number of aliphatic hydroxyl groups is 1. The predicted octanol–water partition coefficient (Wildman–Crippen LogP) is 1.92. The Kier molecular flexibility index (Phi) is 3.74. The first-order chi connectivity index (χ1) is 7.12. The Balaban J connectivity index is 3.24. The summed E-state index contributed by atoms with van der Waals surface area (Å²) >= 11 is 0. The molecular weight excluding hydrogens is 192 g/mol. The van der Waals surface area contributed by atoms with Crippen molar-refractivity contribution in [2.75, 3.05) is 7.11 Å². The van der Waals surface area contributed by atoms with Crippen molar-refractivity contribution in [1.82, 2.24) is 9.78 Å². The van der Waals surface area contributed by atoms with E-state index < -0.39 is 5.60 Å². The minimum absolute atomic E-state index is 0.658. The molecule has 0 saturated carbocycles. The molecule has 86 valence electrons. The lowest BCUT2D eigenvalue weighted by atomic mass is 9.93. The van der Waals surface area contributed by atoms with Gasteiger partial charge in [-0.25, -0.2) is 0 Å². The van der Waals surface area contributed by atoms with Gasteiger partial charge in [0.2, 0.25) is 0 Å². The average molecular weight is 212 g/mol. The van der Waals surface area contributed by atoms with Gasteiger partial charge in [0, 0.05) is 6.54 Å². The molecule has 0 unspecified atom stereocenters. The number of aryl methyl sites for hydroxylation is 1. The minimum atomic E-state index is -0.835. The molecule has 1 heterocycles. The van der Waals surface area contributed by atoms with E-state index in [1.54, 1.807) is 18.0 Å². The molecule has 0 aliphatic heterocycles. The number of methoxy groups -OCH3 is 1. The Labute approximate surface area is 90.9 Å². The summed E-state index contributed by atoms with van der Waals surface area (Å²) in [5.41, 5.74) is -0.0461. The molecule has 0 fully saturated rings. The average Bonchev–Trinajstić information content (AvgIpc) is 2.71. The van der Waals surface area contributed by atoms with Crippen LogP contribution < -0.4 is 4.74 Å². The summed E-state index contributed by atoms with van der Waals surface area (Å²) in [6, 6.07) is 0. The molecule has 0 atom stereocenters. The van der Waals surface area contributed by atoms with Crippen LogP contribution in [0.4, 0.5) is 0 Å². The van der Waals surface area contributed by atoms with E-state index in [0.717, 1.165) is 12.2 Å². The summed E-state index contributed by atoms with van der Waals surface area (Å²) < 4.78 is 7.03. The topological polar surface area (TPSA) is 47.3 Å². The Morgan fingerprint density at radius 3 is 2.40 bits per heavy atom. The van der Waals surface area contributed by atoms with Gasteiger partial charge in [-0.3, -0.25) is 4.68 Å². The molecule has 1 N–H and O–H groups in total. The number of ether oxygens (including phenoxy) is 1. The summed E-state index contributed by atoms with van der Waals surface area (Å²) in [6.45, 7) is 6.68. The minimum Gasteiger partial charge on any atom is -0.493 e. The van der Waals surface area contributed by atoms with Crippen molar-refractivity contribution in [3.63, 3.8) is 0 Å². The van der Waals surface area contributed by atoms with Crippen molar-refractivity contribution in [1.29, 1.82) is 0 Å². The van der Waals surface area contributed by atoms with Gasteiger partial charge in [0.05, 0.1) is 13.3 Å². The van der Waals surface area contributed by atoms with Crippen molar-refractivity contribution in [2.24, 2.45) is 0 Å². The standard InChI is InChI=1S/C11H20N2O2/c1-5-11(14,6-2)10-9(15-4)8-12-13(10)7-3/h8,14H,5-7H2,1-4H3. The van der Waals surface area contributed by atoms with E-state index in [1.165, 1.54) is 0 Å². The third kappa shape index (κ3) is 2.00. The summed E-state index contributed by atoms with van der Waals surface area (Å²) in [4.78, 5) is 0. The molecular formula is C11H20N2O2. The van der Waals surface area contributed by atoms with Crippen LogP contribution in [-0.2, 0) is 12.1 Å². The second-order valence-electron chi connectivity index (χ2n) is 3.62. The summed E-state index contributed by atoms with van der Waals surface area (Å²) in [5, 5.41) is 14.7. The Bertz CT molecular complexity index is 295. The molecule has 0 saturated heterocycles. The van der Waals surface area contributed by atoms with Gasteiger partial charge >= 0.3 is 0 Å². The monoisotopic (exact) mass is 212 g/mol. The predicted molar refractivity (Wildman–Crippen MR) is 58.9 cm³/mol. The lowest BCUT2D eigenvalue weighted by molar-refractivity contribution is 0.0171. The highest BCUT2D eigenvalue weighted by Gasteiger charge is 2.32. The molecule has 1 aromatic heterocycles. The molecule has 0 amide bonds. The zero-order valence-electron chi connectivity index (χ0n) is 9.95. The van der Waals surface area contributed by atoms with Crippen LogP contribution in [-0.4, -0.2) is 22.0 Å². The van der Waals surface area contributed by atoms with Gasteiger partial charge in [0.1, 0.15) is 11.3 Å². The first kappa shape index (κ1) is 12.0. The van der Waals surface area contributed by atoms with E-state index in [9.17, 15) is 5.11 Å². The van der Waals surface area contributed by atoms with Crippen LogP contribution in [0.2, 0.25) is 0 Å². The van der Waals surface area contributed by atoms with Crippen molar-refractivity contribution in [3.05, 3.63) is 11.9 Å². The maximum absolute atomic E-state index is 10.5. The van der Waals surface area contributed by atoms with Crippen LogP contribution in [0.3, 0.4) is 0 Å². The van der Waals surface area contributed by atoms with E-state index in [4.69, 9.17) is 4.74 Å². The van der Waals surface area contributed by atoms with Gasteiger partial charge in [0.25, 0.3) is 0 Å². The van der Waals surface area contributed by atoms with Crippen molar-refractivity contribution >= 4 is 0 Å². The zero-order valence-corrected chi connectivity index (χ0v) is 9.95. The molecule has 4 nitrogen and oxygen atoms in total. The van der Waals surface area contributed by atoms with Crippen LogP contribution in [0, 0.1) is 0 Å². The normalized spacial score (nSPS) is 11.8. The highest BCUT2D eigenvalue weighted by Crippen LogP contribution is 2.34. The summed E-state index contributed by atoms with van der Waals surface area (Å²) in [5.74, 6) is 0.669. The summed E-state index contributed by atoms with van der Waals surface area (Å²) in [7, 11) is 1.60. The lowest BCUT2D eigenvalue weighted by Gasteiger charge is -2.26. The molecule has 0 radical (unpaired) electrons. The third-order valence-corrected chi connectivity index (χ3v) is 2.94. The smallest absolute Gasteiger partial charge is 0.162 e. The zero-order chi connectivity index (χ0) is 11.5. The molecule has 0 spiro atoms. The highest BCUT2D eigenvalue weighted by atomic mass is 16.5. The fourth-order valence-electron chi connectivity index (χ4n) is 1.81. The Morgan fingerprint density at radius 1 is 1.40 bits per heavy atom. The van der Waals surface area contributed by atoms with Gasteiger partial charge in [-0.15, -0.1) is 0 Å². The van der Waals surface area contributed by atoms with Crippen molar-refractivity contribution in [3.8, 4) is 5.75 Å². The highest BCUT2D eigenvalue weighted by molar-refractivity contribution is 5.30. The van der Waals surface area contributed by atoms with E-state index in [1.807, 2.05) is 20.8 Å². The van der Waals surface area contributed by atoms with Crippen molar-refractivity contribution < 1.29 is 9.84 Å². The van der Waals surface area contributed by atoms with Crippen LogP contribution >= 0.6 is 0 Å². The number of aromatic nitrogens is 2. The molecule has 0 aliphatic rings. The first-order valence-corrected chi connectivity index (χ1v) is 5.45. The number of hydrogen-bond acceptors (Lipinski definition) is 3. The second kappa shape index (κ2) is 4.66. The molecule has 4 heteroatoms. The van der Waals surface area contributed by atoms with Crippen LogP contribution in [0.1, 0.15) is 39.3 Å². The molecule has 0 aromatic carbocycles. The number of hydrogen-bond donors (Lipinski definition) is 1. The molecule has 1 aromatic rings. The van der Waals surface area contributed by atoms with E-state index >= 15 is 0 Å². The molecule has 0 bridgehead atoms. The van der Waals surface area contributed by atoms with E-state index in [2.05, 4.69) is 5.10 Å². The van der Waals surface area contributed by atoms with Gasteiger partial charge in [-0.2, -0.15) is 5.10 Å². The van der Waals surface area contributed by atoms with Gasteiger partial charge in [-0.1, -0.05) is 13.8 Å². The maximum Gasteiger partial charge on any atom is 0.162 e. The van der Waals surface area contributed by atoms with Gasteiger partial charge in [0.15, 0.2) is 5.75 Å². The van der Waals surface area contributed by atoms with Gasteiger partial charge < -0.3 is 9.84 Å².